The second-order valence-electron chi connectivity index (χ2n) is 4.55. The van der Waals surface area contributed by atoms with Crippen molar-refractivity contribution in [3.63, 3.8) is 0 Å². The van der Waals surface area contributed by atoms with Gasteiger partial charge in [0.15, 0.2) is 0 Å². The third kappa shape index (κ3) is 1.95. The zero-order chi connectivity index (χ0) is 14.1. The van der Waals surface area contributed by atoms with Gasteiger partial charge >= 0.3 is 5.97 Å². The van der Waals surface area contributed by atoms with E-state index in [0.29, 0.717) is 5.56 Å². The second-order valence-corrected chi connectivity index (χ2v) is 4.55. The Labute approximate surface area is 116 Å². The van der Waals surface area contributed by atoms with Gasteiger partial charge in [0.25, 0.3) is 0 Å². The molecule has 0 spiro atoms. The van der Waals surface area contributed by atoms with Crippen LogP contribution in [-0.4, -0.2) is 22.5 Å². The van der Waals surface area contributed by atoms with E-state index in [2.05, 4.69) is 4.98 Å². The molecule has 2 heterocycles. The van der Waals surface area contributed by atoms with Crippen molar-refractivity contribution in [3.8, 4) is 11.3 Å². The predicted octanol–water partition coefficient (Wildman–Crippen LogP) is 3.10. The van der Waals surface area contributed by atoms with Crippen LogP contribution in [0.5, 0.6) is 0 Å². The second kappa shape index (κ2) is 4.81. The number of methoxy groups -OCH3 is 1. The summed E-state index contributed by atoms with van der Waals surface area (Å²) in [4.78, 5) is 16.2. The molecule has 4 nitrogen and oxygen atoms in total. The lowest BCUT2D eigenvalue weighted by Gasteiger charge is -2.02. The van der Waals surface area contributed by atoms with E-state index >= 15 is 0 Å². The summed E-state index contributed by atoms with van der Waals surface area (Å²) in [5.41, 5.74) is 4.31. The Kier molecular flexibility index (Phi) is 2.99. The Morgan fingerprint density at radius 2 is 1.90 bits per heavy atom. The summed E-state index contributed by atoms with van der Waals surface area (Å²) in [6, 6.07) is 13.5. The zero-order valence-corrected chi connectivity index (χ0v) is 11.3. The molecule has 3 aromatic rings. The lowest BCUT2D eigenvalue weighted by atomic mass is 10.1. The van der Waals surface area contributed by atoms with Crippen LogP contribution < -0.4 is 0 Å². The lowest BCUT2D eigenvalue weighted by molar-refractivity contribution is 0.0600. The topological polar surface area (TPSA) is 43.6 Å². The predicted molar refractivity (Wildman–Crippen MR) is 76.7 cm³/mol. The first-order valence-electron chi connectivity index (χ1n) is 6.33. The van der Waals surface area contributed by atoms with Crippen LogP contribution in [0.2, 0.25) is 0 Å². The summed E-state index contributed by atoms with van der Waals surface area (Å²) < 4.78 is 6.66. The Balaban J connectivity index is 2.18. The largest absolute Gasteiger partial charge is 0.465 e. The maximum atomic E-state index is 11.6. The van der Waals surface area contributed by atoms with Gasteiger partial charge in [-0.05, 0) is 19.1 Å². The van der Waals surface area contributed by atoms with Crippen LogP contribution in [0.3, 0.4) is 0 Å². The summed E-state index contributed by atoms with van der Waals surface area (Å²) >= 11 is 0. The van der Waals surface area contributed by atoms with Gasteiger partial charge in [-0.2, -0.15) is 0 Å². The molecule has 100 valence electrons. The number of aromatic nitrogens is 2. The molecule has 0 fully saturated rings. The normalized spacial score (nSPS) is 10.7. The number of rotatable bonds is 2. The Morgan fingerprint density at radius 1 is 1.15 bits per heavy atom. The summed E-state index contributed by atoms with van der Waals surface area (Å²) in [5.74, 6) is -0.346. The highest BCUT2D eigenvalue weighted by Gasteiger charge is 2.12. The number of pyridine rings is 1. The SMILES string of the molecule is COC(=O)c1ccc2nc(-c3ccccc3)c(C)n2c1. The Morgan fingerprint density at radius 3 is 2.60 bits per heavy atom. The highest BCUT2D eigenvalue weighted by Crippen LogP contribution is 2.23. The standard InChI is InChI=1S/C16H14N2O2/c1-11-15(12-6-4-3-5-7-12)17-14-9-8-13(10-18(11)14)16(19)20-2/h3-10H,1-2H3. The van der Waals surface area contributed by atoms with Gasteiger partial charge in [0.2, 0.25) is 0 Å². The highest BCUT2D eigenvalue weighted by atomic mass is 16.5. The van der Waals surface area contributed by atoms with Crippen LogP contribution in [0.15, 0.2) is 48.7 Å². The number of carbonyl (C=O) groups excluding carboxylic acids is 1. The van der Waals surface area contributed by atoms with Gasteiger partial charge in [0, 0.05) is 17.5 Å². The van der Waals surface area contributed by atoms with Gasteiger partial charge in [-0.1, -0.05) is 30.3 Å². The summed E-state index contributed by atoms with van der Waals surface area (Å²) in [6.07, 6.45) is 1.76. The average molecular weight is 266 g/mol. The Bertz CT molecular complexity index is 776. The Hall–Kier alpha value is -2.62. The quantitative estimate of drug-likeness (QED) is 0.669. The molecule has 0 bridgehead atoms. The van der Waals surface area contributed by atoms with Crippen molar-refractivity contribution in [3.05, 3.63) is 59.9 Å². The molecular formula is C16H14N2O2. The van der Waals surface area contributed by atoms with Crippen molar-refractivity contribution in [1.29, 1.82) is 0 Å². The number of aryl methyl sites for hydroxylation is 1. The van der Waals surface area contributed by atoms with Crippen molar-refractivity contribution >= 4 is 11.6 Å². The molecule has 0 radical (unpaired) electrons. The molecule has 4 heteroatoms. The number of carbonyl (C=O) groups is 1. The average Bonchev–Trinajstić information content (AvgIpc) is 2.84. The molecule has 0 N–H and O–H groups in total. The number of benzene rings is 1. The van der Waals surface area contributed by atoms with Crippen LogP contribution >= 0.6 is 0 Å². The number of fused-ring (bicyclic) bond motifs is 1. The molecule has 3 rings (SSSR count). The number of ether oxygens (including phenoxy) is 1. The first kappa shape index (κ1) is 12.4. The fraction of sp³-hybridized carbons (Fsp3) is 0.125. The molecule has 0 atom stereocenters. The van der Waals surface area contributed by atoms with Crippen molar-refractivity contribution in [2.75, 3.05) is 7.11 Å². The van der Waals surface area contributed by atoms with Crippen LogP contribution in [0.1, 0.15) is 16.1 Å². The third-order valence-electron chi connectivity index (χ3n) is 3.33. The van der Waals surface area contributed by atoms with E-state index in [1.165, 1.54) is 7.11 Å². The fourth-order valence-corrected chi connectivity index (χ4v) is 2.27. The lowest BCUT2D eigenvalue weighted by Crippen LogP contribution is -2.03. The van der Waals surface area contributed by atoms with Crippen molar-refractivity contribution in [2.24, 2.45) is 0 Å². The summed E-state index contributed by atoms with van der Waals surface area (Å²) in [6.45, 7) is 1.99. The molecule has 1 aromatic carbocycles. The molecule has 0 unspecified atom stereocenters. The number of hydrogen-bond acceptors (Lipinski definition) is 3. The van der Waals surface area contributed by atoms with E-state index in [-0.39, 0.29) is 5.97 Å². The molecule has 0 amide bonds. The molecule has 20 heavy (non-hydrogen) atoms. The maximum absolute atomic E-state index is 11.6. The van der Waals surface area contributed by atoms with E-state index in [0.717, 1.165) is 22.6 Å². The van der Waals surface area contributed by atoms with Crippen LogP contribution in [0, 0.1) is 6.92 Å². The highest BCUT2D eigenvalue weighted by molar-refractivity contribution is 5.89. The number of imidazole rings is 1. The molecule has 0 aliphatic rings. The van der Waals surface area contributed by atoms with E-state index < -0.39 is 0 Å². The molecule has 0 aliphatic heterocycles. The van der Waals surface area contributed by atoms with Gasteiger partial charge in [0.05, 0.1) is 18.4 Å². The smallest absolute Gasteiger partial charge is 0.339 e. The number of esters is 1. The van der Waals surface area contributed by atoms with Crippen LogP contribution in [0.4, 0.5) is 0 Å². The molecule has 0 saturated heterocycles. The minimum atomic E-state index is -0.346. The fourth-order valence-electron chi connectivity index (χ4n) is 2.27. The monoisotopic (exact) mass is 266 g/mol. The van der Waals surface area contributed by atoms with E-state index in [4.69, 9.17) is 4.74 Å². The van der Waals surface area contributed by atoms with Crippen molar-refractivity contribution < 1.29 is 9.53 Å². The maximum Gasteiger partial charge on any atom is 0.339 e. The minimum absolute atomic E-state index is 0.346. The van der Waals surface area contributed by atoms with Gasteiger partial charge in [-0.15, -0.1) is 0 Å². The van der Waals surface area contributed by atoms with Gasteiger partial charge in [0.1, 0.15) is 5.65 Å². The molecule has 0 saturated carbocycles. The van der Waals surface area contributed by atoms with E-state index in [1.54, 1.807) is 12.3 Å². The van der Waals surface area contributed by atoms with Crippen molar-refractivity contribution in [2.45, 2.75) is 6.92 Å². The van der Waals surface area contributed by atoms with Gasteiger partial charge in [-0.25, -0.2) is 9.78 Å². The number of hydrogen-bond donors (Lipinski definition) is 0. The first-order chi connectivity index (χ1) is 9.70. The van der Waals surface area contributed by atoms with E-state index in [1.807, 2.05) is 47.7 Å². The van der Waals surface area contributed by atoms with Crippen LogP contribution in [-0.2, 0) is 4.74 Å². The zero-order valence-electron chi connectivity index (χ0n) is 11.3. The number of nitrogens with zero attached hydrogens (tertiary/aromatic N) is 2. The first-order valence-corrected chi connectivity index (χ1v) is 6.33. The van der Waals surface area contributed by atoms with Crippen molar-refractivity contribution in [1.82, 2.24) is 9.38 Å². The van der Waals surface area contributed by atoms with Crippen LogP contribution in [0.25, 0.3) is 16.9 Å². The van der Waals surface area contributed by atoms with Gasteiger partial charge in [-0.3, -0.25) is 0 Å². The van der Waals surface area contributed by atoms with E-state index in [9.17, 15) is 4.79 Å². The molecular weight excluding hydrogens is 252 g/mol. The molecule has 0 aliphatic carbocycles. The molecule has 2 aromatic heterocycles. The summed E-state index contributed by atoms with van der Waals surface area (Å²) in [5, 5.41) is 0. The summed E-state index contributed by atoms with van der Waals surface area (Å²) in [7, 11) is 1.38. The minimum Gasteiger partial charge on any atom is -0.465 e. The van der Waals surface area contributed by atoms with Gasteiger partial charge < -0.3 is 9.14 Å². The third-order valence-corrected chi connectivity index (χ3v) is 3.33.